The van der Waals surface area contributed by atoms with Crippen LogP contribution in [0.15, 0.2) is 66.7 Å². The molecule has 6 heteroatoms. The van der Waals surface area contributed by atoms with E-state index in [-0.39, 0.29) is 17.8 Å². The molecule has 0 heterocycles. The van der Waals surface area contributed by atoms with Crippen molar-refractivity contribution in [1.29, 1.82) is 5.41 Å². The summed E-state index contributed by atoms with van der Waals surface area (Å²) in [5.41, 5.74) is 3.75. The Morgan fingerprint density at radius 1 is 1.06 bits per heavy atom. The summed E-state index contributed by atoms with van der Waals surface area (Å²) < 4.78 is 19.7. The van der Waals surface area contributed by atoms with Gasteiger partial charge in [0.05, 0.1) is 6.04 Å². The van der Waals surface area contributed by atoms with E-state index >= 15 is 0 Å². The molecule has 2 unspecified atom stereocenters. The summed E-state index contributed by atoms with van der Waals surface area (Å²) in [6, 6.07) is 19.5. The number of aryl methyl sites for hydroxylation is 1. The SMILES string of the molecule is CCCc1ccc(C(Oc2ccc(Nc3ccc(F)cc3)c(C=N)c2)C(C)NC(=O)C(C)(C)C)cc1. The molecule has 0 aliphatic heterocycles. The average Bonchev–Trinajstić information content (AvgIpc) is 2.84. The van der Waals surface area contributed by atoms with Gasteiger partial charge in [0.2, 0.25) is 5.91 Å². The van der Waals surface area contributed by atoms with Gasteiger partial charge in [0.15, 0.2) is 0 Å². The number of benzene rings is 3. The van der Waals surface area contributed by atoms with Gasteiger partial charge in [0, 0.05) is 28.6 Å². The van der Waals surface area contributed by atoms with Crippen LogP contribution in [0.1, 0.15) is 63.8 Å². The van der Waals surface area contributed by atoms with Crippen LogP contribution >= 0.6 is 0 Å². The van der Waals surface area contributed by atoms with Gasteiger partial charge in [-0.25, -0.2) is 4.39 Å². The fraction of sp³-hybridized carbons (Fsp3) is 0.333. The van der Waals surface area contributed by atoms with Crippen LogP contribution in [0, 0.1) is 16.6 Å². The summed E-state index contributed by atoms with van der Waals surface area (Å²) in [4.78, 5) is 12.7. The number of carbonyl (C=O) groups excluding carboxylic acids is 1. The molecule has 3 N–H and O–H groups in total. The molecule has 0 saturated heterocycles. The highest BCUT2D eigenvalue weighted by atomic mass is 19.1. The van der Waals surface area contributed by atoms with Gasteiger partial charge in [-0.3, -0.25) is 4.79 Å². The molecule has 0 aliphatic rings. The molecule has 0 radical (unpaired) electrons. The fourth-order valence-electron chi connectivity index (χ4n) is 3.80. The van der Waals surface area contributed by atoms with Crippen LogP contribution in [0.2, 0.25) is 0 Å². The van der Waals surface area contributed by atoms with Gasteiger partial charge < -0.3 is 20.8 Å². The van der Waals surface area contributed by atoms with Crippen molar-refractivity contribution >= 4 is 23.5 Å². The van der Waals surface area contributed by atoms with Gasteiger partial charge in [0.1, 0.15) is 17.7 Å². The molecule has 0 spiro atoms. The van der Waals surface area contributed by atoms with Crippen LogP contribution in [0.3, 0.4) is 0 Å². The maximum absolute atomic E-state index is 13.2. The van der Waals surface area contributed by atoms with E-state index in [1.165, 1.54) is 23.9 Å². The third kappa shape index (κ3) is 7.17. The minimum atomic E-state index is -0.523. The third-order valence-electron chi connectivity index (χ3n) is 5.91. The van der Waals surface area contributed by atoms with Crippen LogP contribution < -0.4 is 15.4 Å². The lowest BCUT2D eigenvalue weighted by atomic mass is 9.94. The van der Waals surface area contributed by atoms with E-state index in [1.807, 2.05) is 39.8 Å². The monoisotopic (exact) mass is 489 g/mol. The quantitative estimate of drug-likeness (QED) is 0.264. The molecule has 1 amide bonds. The average molecular weight is 490 g/mol. The maximum atomic E-state index is 13.2. The topological polar surface area (TPSA) is 74.2 Å². The summed E-state index contributed by atoms with van der Waals surface area (Å²) in [5.74, 6) is 0.223. The molecule has 0 aromatic heterocycles. The molecule has 0 aliphatic carbocycles. The second-order valence-corrected chi connectivity index (χ2v) is 10.1. The molecule has 190 valence electrons. The fourth-order valence-corrected chi connectivity index (χ4v) is 3.80. The van der Waals surface area contributed by atoms with Crippen LogP contribution in [-0.2, 0) is 11.2 Å². The van der Waals surface area contributed by atoms with Gasteiger partial charge in [0.25, 0.3) is 0 Å². The zero-order chi connectivity index (χ0) is 26.3. The lowest BCUT2D eigenvalue weighted by molar-refractivity contribution is -0.129. The van der Waals surface area contributed by atoms with Gasteiger partial charge in [-0.1, -0.05) is 58.4 Å². The van der Waals surface area contributed by atoms with Crippen LogP contribution in [-0.4, -0.2) is 18.2 Å². The second kappa shape index (κ2) is 11.8. The van der Waals surface area contributed by atoms with Crippen molar-refractivity contribution in [1.82, 2.24) is 5.32 Å². The molecule has 3 aromatic rings. The number of rotatable bonds is 10. The Bertz CT molecular complexity index is 1170. The number of anilines is 2. The normalized spacial score (nSPS) is 12.9. The summed E-state index contributed by atoms with van der Waals surface area (Å²) in [7, 11) is 0. The van der Waals surface area contributed by atoms with Crippen LogP contribution in [0.5, 0.6) is 5.75 Å². The molecule has 0 saturated carbocycles. The lowest BCUT2D eigenvalue weighted by Gasteiger charge is -2.29. The Balaban J connectivity index is 1.88. The highest BCUT2D eigenvalue weighted by Gasteiger charge is 2.28. The first-order valence-electron chi connectivity index (χ1n) is 12.3. The van der Waals surface area contributed by atoms with E-state index in [1.54, 1.807) is 18.2 Å². The standard InChI is InChI=1S/C30H36FN3O2/c1-6-7-21-8-10-22(11-9-21)28(20(2)33-29(35)30(3,4)5)36-26-16-17-27(23(18-26)19-32)34-25-14-12-24(31)13-15-25/h8-20,28,32,34H,6-7H2,1-5H3,(H,33,35). The van der Waals surface area contributed by atoms with Crippen molar-refractivity contribution in [2.75, 3.05) is 5.32 Å². The van der Waals surface area contributed by atoms with Gasteiger partial charge >= 0.3 is 0 Å². The molecule has 3 rings (SSSR count). The Hall–Kier alpha value is -3.67. The van der Waals surface area contributed by atoms with E-state index < -0.39 is 11.5 Å². The third-order valence-corrected chi connectivity index (χ3v) is 5.91. The molecule has 5 nitrogen and oxygen atoms in total. The zero-order valence-corrected chi connectivity index (χ0v) is 21.7. The highest BCUT2D eigenvalue weighted by Crippen LogP contribution is 2.30. The zero-order valence-electron chi connectivity index (χ0n) is 21.7. The van der Waals surface area contributed by atoms with E-state index in [9.17, 15) is 9.18 Å². The number of ether oxygens (including phenoxy) is 1. The first kappa shape index (κ1) is 26.9. The minimum absolute atomic E-state index is 0.0507. The van der Waals surface area contributed by atoms with Crippen molar-refractivity contribution in [3.63, 3.8) is 0 Å². The molecule has 0 fully saturated rings. The number of carbonyl (C=O) groups is 1. The number of amides is 1. The van der Waals surface area contributed by atoms with Crippen molar-refractivity contribution < 1.29 is 13.9 Å². The van der Waals surface area contributed by atoms with Gasteiger partial charge in [-0.05, 0) is 66.9 Å². The van der Waals surface area contributed by atoms with Crippen molar-refractivity contribution in [2.45, 2.75) is 59.6 Å². The van der Waals surface area contributed by atoms with Gasteiger partial charge in [-0.15, -0.1) is 0 Å². The second-order valence-electron chi connectivity index (χ2n) is 10.1. The van der Waals surface area contributed by atoms with Gasteiger partial charge in [-0.2, -0.15) is 0 Å². The van der Waals surface area contributed by atoms with Crippen LogP contribution in [0.4, 0.5) is 15.8 Å². The summed E-state index contributed by atoms with van der Waals surface area (Å²) in [6.45, 7) is 9.74. The predicted molar refractivity (Wildman–Crippen MR) is 145 cm³/mol. The van der Waals surface area contributed by atoms with E-state index in [0.717, 1.165) is 24.1 Å². The molecular formula is C30H36FN3O2. The highest BCUT2D eigenvalue weighted by molar-refractivity contribution is 5.88. The Morgan fingerprint density at radius 3 is 2.31 bits per heavy atom. The number of nitrogens with one attached hydrogen (secondary N) is 3. The maximum Gasteiger partial charge on any atom is 0.225 e. The summed E-state index contributed by atoms with van der Waals surface area (Å²) in [6.07, 6.45) is 2.90. The Kier molecular flexibility index (Phi) is 8.86. The number of hydrogen-bond acceptors (Lipinski definition) is 4. The largest absolute Gasteiger partial charge is 0.484 e. The minimum Gasteiger partial charge on any atom is -0.484 e. The van der Waals surface area contributed by atoms with E-state index in [0.29, 0.717) is 17.0 Å². The van der Waals surface area contributed by atoms with Crippen molar-refractivity contribution in [3.05, 3.63) is 89.2 Å². The lowest BCUT2D eigenvalue weighted by Crippen LogP contribution is -2.44. The predicted octanol–water partition coefficient (Wildman–Crippen LogP) is 7.19. The van der Waals surface area contributed by atoms with E-state index in [2.05, 4.69) is 41.8 Å². The Morgan fingerprint density at radius 2 is 1.72 bits per heavy atom. The molecule has 36 heavy (non-hydrogen) atoms. The molecular weight excluding hydrogens is 453 g/mol. The first-order chi connectivity index (χ1) is 17.1. The molecule has 3 aromatic carbocycles. The molecule has 2 atom stereocenters. The number of halogens is 1. The van der Waals surface area contributed by atoms with Crippen LogP contribution in [0.25, 0.3) is 0 Å². The Labute approximate surface area is 213 Å². The first-order valence-corrected chi connectivity index (χ1v) is 12.3. The molecule has 0 bridgehead atoms. The van der Waals surface area contributed by atoms with Crippen molar-refractivity contribution in [3.8, 4) is 5.75 Å². The summed E-state index contributed by atoms with van der Waals surface area (Å²) in [5, 5.41) is 14.2. The van der Waals surface area contributed by atoms with E-state index in [4.69, 9.17) is 10.1 Å². The number of hydrogen-bond donors (Lipinski definition) is 3. The van der Waals surface area contributed by atoms with Crippen molar-refractivity contribution in [2.24, 2.45) is 5.41 Å². The smallest absolute Gasteiger partial charge is 0.225 e. The summed E-state index contributed by atoms with van der Waals surface area (Å²) >= 11 is 0.